The highest BCUT2D eigenvalue weighted by Gasteiger charge is 2.37. The smallest absolute Gasteiger partial charge is 0.335 e. The van der Waals surface area contributed by atoms with E-state index in [1.54, 1.807) is 78.4 Å². The first-order valence-electron chi connectivity index (χ1n) is 8.89. The summed E-state index contributed by atoms with van der Waals surface area (Å²) in [5.74, 6) is -1.30. The van der Waals surface area contributed by atoms with Crippen LogP contribution in [0.15, 0.2) is 72.4 Å². The number of imide groups is 2. The number of phenols is 1. The van der Waals surface area contributed by atoms with Gasteiger partial charge in [0.25, 0.3) is 11.8 Å². The van der Waals surface area contributed by atoms with Crippen molar-refractivity contribution in [3.63, 3.8) is 0 Å². The summed E-state index contributed by atoms with van der Waals surface area (Å²) in [4.78, 5) is 38.8. The van der Waals surface area contributed by atoms with Crippen molar-refractivity contribution in [2.24, 2.45) is 0 Å². The third-order valence-corrected chi connectivity index (χ3v) is 4.66. The Kier molecular flexibility index (Phi) is 4.48. The highest BCUT2D eigenvalue weighted by Crippen LogP contribution is 2.25. The number of urea groups is 1. The molecule has 1 aliphatic heterocycles. The van der Waals surface area contributed by atoms with Gasteiger partial charge in [-0.1, -0.05) is 18.2 Å². The second-order valence-corrected chi connectivity index (χ2v) is 6.56. The molecule has 0 radical (unpaired) electrons. The molecule has 29 heavy (non-hydrogen) atoms. The van der Waals surface area contributed by atoms with Crippen molar-refractivity contribution in [3.05, 3.63) is 83.7 Å². The zero-order chi connectivity index (χ0) is 20.5. The number of carbonyl (C=O) groups is 3. The van der Waals surface area contributed by atoms with Gasteiger partial charge in [-0.3, -0.25) is 14.9 Å². The number of para-hydroxylation sites is 1. The Hall–Kier alpha value is -4.13. The Morgan fingerprint density at radius 1 is 0.931 bits per heavy atom. The van der Waals surface area contributed by atoms with Crippen molar-refractivity contribution in [3.8, 4) is 11.4 Å². The van der Waals surface area contributed by atoms with E-state index in [9.17, 15) is 19.5 Å². The van der Waals surface area contributed by atoms with Crippen LogP contribution in [-0.2, 0) is 9.59 Å². The number of aromatic hydroxyl groups is 1. The van der Waals surface area contributed by atoms with Crippen molar-refractivity contribution in [1.82, 2.24) is 9.88 Å². The summed E-state index contributed by atoms with van der Waals surface area (Å²) in [7, 11) is 0. The fourth-order valence-corrected chi connectivity index (χ4v) is 3.20. The molecular formula is C22H17N3O4. The molecule has 0 bridgehead atoms. The minimum absolute atomic E-state index is 0.134. The second kappa shape index (κ2) is 7.12. The average molecular weight is 387 g/mol. The number of nitrogens with one attached hydrogen (secondary N) is 1. The lowest BCUT2D eigenvalue weighted by atomic mass is 10.1. The minimum atomic E-state index is -0.777. The van der Waals surface area contributed by atoms with Crippen LogP contribution in [0, 0.1) is 6.92 Å². The normalized spacial score (nSPS) is 15.7. The molecule has 1 aliphatic rings. The van der Waals surface area contributed by atoms with Gasteiger partial charge in [0, 0.05) is 17.6 Å². The van der Waals surface area contributed by atoms with E-state index in [4.69, 9.17) is 0 Å². The molecule has 2 N–H and O–H groups in total. The lowest BCUT2D eigenvalue weighted by molar-refractivity contribution is -0.122. The fourth-order valence-electron chi connectivity index (χ4n) is 3.20. The average Bonchev–Trinajstić information content (AvgIpc) is 3.15. The molecule has 0 aliphatic carbocycles. The van der Waals surface area contributed by atoms with Gasteiger partial charge < -0.3 is 9.67 Å². The predicted octanol–water partition coefficient (Wildman–Crippen LogP) is 3.16. The van der Waals surface area contributed by atoms with E-state index >= 15 is 0 Å². The standard InChI is InChI=1S/C22H17N3O4/c1-14-5-2-3-7-19(14)25-21(28)18(20(27)23-22(25)29)13-16-6-4-12-24(16)15-8-10-17(26)11-9-15/h2-13,26H,1H3,(H,23,27,29)/b18-13+. The second-order valence-electron chi connectivity index (χ2n) is 6.56. The molecule has 0 spiro atoms. The summed E-state index contributed by atoms with van der Waals surface area (Å²) in [6.07, 6.45) is 3.22. The van der Waals surface area contributed by atoms with Gasteiger partial charge in [0.15, 0.2) is 0 Å². The van der Waals surface area contributed by atoms with Crippen LogP contribution in [0.5, 0.6) is 5.75 Å². The van der Waals surface area contributed by atoms with E-state index < -0.39 is 17.8 Å². The van der Waals surface area contributed by atoms with Gasteiger partial charge in [-0.15, -0.1) is 0 Å². The maximum Gasteiger partial charge on any atom is 0.335 e. The topological polar surface area (TPSA) is 91.6 Å². The first kappa shape index (κ1) is 18.2. The Balaban J connectivity index is 1.76. The lowest BCUT2D eigenvalue weighted by Crippen LogP contribution is -2.54. The molecule has 7 heteroatoms. The van der Waals surface area contributed by atoms with E-state index in [1.807, 2.05) is 0 Å². The third kappa shape index (κ3) is 3.29. The largest absolute Gasteiger partial charge is 0.508 e. The van der Waals surface area contributed by atoms with Crippen LogP contribution in [0.2, 0.25) is 0 Å². The number of carbonyl (C=O) groups excluding carboxylic acids is 3. The molecule has 1 fully saturated rings. The Morgan fingerprint density at radius 2 is 1.66 bits per heavy atom. The molecule has 2 heterocycles. The predicted molar refractivity (Wildman–Crippen MR) is 108 cm³/mol. The number of anilines is 1. The van der Waals surface area contributed by atoms with Crippen LogP contribution in [0.25, 0.3) is 11.8 Å². The Labute approximate surface area is 166 Å². The number of benzene rings is 2. The molecule has 4 amide bonds. The van der Waals surface area contributed by atoms with E-state index in [0.29, 0.717) is 11.4 Å². The molecule has 2 aromatic carbocycles. The summed E-state index contributed by atoms with van der Waals surface area (Å²) < 4.78 is 1.77. The lowest BCUT2D eigenvalue weighted by Gasteiger charge is -2.27. The first-order valence-corrected chi connectivity index (χ1v) is 8.89. The molecular weight excluding hydrogens is 370 g/mol. The van der Waals surface area contributed by atoms with Gasteiger partial charge in [-0.25, -0.2) is 9.69 Å². The SMILES string of the molecule is Cc1ccccc1N1C(=O)NC(=O)/C(=C\c2cccn2-c2ccc(O)cc2)C1=O. The van der Waals surface area contributed by atoms with Gasteiger partial charge in [0.05, 0.1) is 5.69 Å². The maximum absolute atomic E-state index is 13.1. The summed E-state index contributed by atoms with van der Waals surface area (Å²) in [5, 5.41) is 11.7. The van der Waals surface area contributed by atoms with Crippen molar-refractivity contribution < 1.29 is 19.5 Å². The minimum Gasteiger partial charge on any atom is -0.508 e. The van der Waals surface area contributed by atoms with Gasteiger partial charge in [-0.05, 0) is 61.0 Å². The summed E-state index contributed by atoms with van der Waals surface area (Å²) in [6.45, 7) is 1.78. The molecule has 0 unspecified atom stereocenters. The van der Waals surface area contributed by atoms with Gasteiger partial charge in [-0.2, -0.15) is 0 Å². The number of barbiturate groups is 1. The van der Waals surface area contributed by atoms with Gasteiger partial charge in [0.2, 0.25) is 0 Å². The molecule has 144 valence electrons. The van der Waals surface area contributed by atoms with Crippen LogP contribution in [0.1, 0.15) is 11.3 Å². The molecule has 1 saturated heterocycles. The first-order chi connectivity index (χ1) is 14.0. The highest BCUT2D eigenvalue weighted by molar-refractivity contribution is 6.39. The molecule has 3 aromatic rings. The fraction of sp³-hybridized carbons (Fsp3) is 0.0455. The van der Waals surface area contributed by atoms with Gasteiger partial charge in [0.1, 0.15) is 11.3 Å². The molecule has 0 saturated carbocycles. The number of hydrogen-bond donors (Lipinski definition) is 2. The summed E-state index contributed by atoms with van der Waals surface area (Å²) in [6, 6.07) is 16.2. The van der Waals surface area contributed by atoms with Crippen molar-refractivity contribution in [2.45, 2.75) is 6.92 Å². The number of phenolic OH excluding ortho intramolecular Hbond substituents is 1. The van der Waals surface area contributed by atoms with Crippen LogP contribution < -0.4 is 10.2 Å². The zero-order valence-electron chi connectivity index (χ0n) is 15.5. The summed E-state index contributed by atoms with van der Waals surface area (Å²) >= 11 is 0. The van der Waals surface area contributed by atoms with E-state index in [0.717, 1.165) is 16.2 Å². The van der Waals surface area contributed by atoms with Crippen LogP contribution >= 0.6 is 0 Å². The van der Waals surface area contributed by atoms with E-state index in [-0.39, 0.29) is 11.3 Å². The number of aryl methyl sites for hydroxylation is 1. The number of nitrogens with zero attached hydrogens (tertiary/aromatic N) is 2. The zero-order valence-corrected chi connectivity index (χ0v) is 15.5. The highest BCUT2D eigenvalue weighted by atomic mass is 16.3. The maximum atomic E-state index is 13.1. The number of hydrogen-bond acceptors (Lipinski definition) is 4. The summed E-state index contributed by atoms with van der Waals surface area (Å²) in [5.41, 5.74) is 2.33. The number of rotatable bonds is 3. The third-order valence-electron chi connectivity index (χ3n) is 4.66. The molecule has 0 atom stereocenters. The molecule has 1 aromatic heterocycles. The van der Waals surface area contributed by atoms with Crippen LogP contribution in [0.3, 0.4) is 0 Å². The Bertz CT molecular complexity index is 1160. The molecule has 4 rings (SSSR count). The van der Waals surface area contributed by atoms with Crippen molar-refractivity contribution in [2.75, 3.05) is 4.90 Å². The van der Waals surface area contributed by atoms with E-state index in [2.05, 4.69) is 5.32 Å². The van der Waals surface area contributed by atoms with E-state index in [1.165, 1.54) is 6.08 Å². The van der Waals surface area contributed by atoms with Crippen molar-refractivity contribution in [1.29, 1.82) is 0 Å². The van der Waals surface area contributed by atoms with Crippen LogP contribution in [0.4, 0.5) is 10.5 Å². The molecule has 7 nitrogen and oxygen atoms in total. The number of aromatic nitrogens is 1. The Morgan fingerprint density at radius 3 is 2.38 bits per heavy atom. The van der Waals surface area contributed by atoms with Crippen molar-refractivity contribution >= 4 is 29.6 Å². The van der Waals surface area contributed by atoms with Gasteiger partial charge >= 0.3 is 6.03 Å². The monoisotopic (exact) mass is 387 g/mol. The quantitative estimate of drug-likeness (QED) is 0.533. The number of amides is 4. The van der Waals surface area contributed by atoms with Crippen LogP contribution in [-0.4, -0.2) is 27.5 Å².